The van der Waals surface area contributed by atoms with E-state index in [0.29, 0.717) is 22.5 Å². The Morgan fingerprint density at radius 3 is 2.08 bits per heavy atom. The summed E-state index contributed by atoms with van der Waals surface area (Å²) in [4.78, 5) is 28.9. The molecule has 1 atom stereocenters. The molecule has 1 aromatic heterocycles. The van der Waals surface area contributed by atoms with E-state index in [0.717, 1.165) is 10.6 Å². The van der Waals surface area contributed by atoms with E-state index in [2.05, 4.69) is 5.32 Å². The molecule has 0 saturated heterocycles. The molecule has 0 radical (unpaired) electrons. The lowest BCUT2D eigenvalue weighted by atomic mass is 10.0. The lowest BCUT2D eigenvalue weighted by Gasteiger charge is -2.33. The minimum Gasteiger partial charge on any atom is -0.467 e. The number of benzene rings is 3. The highest BCUT2D eigenvalue weighted by atomic mass is 32.2. The normalized spacial score (nSPS) is 12.2. The first-order chi connectivity index (χ1) is 19.2. The van der Waals surface area contributed by atoms with Crippen LogP contribution in [0, 0.1) is 5.82 Å². The number of sulfonamides is 1. The Balaban J connectivity index is 1.69. The summed E-state index contributed by atoms with van der Waals surface area (Å²) in [7, 11) is -3.80. The van der Waals surface area contributed by atoms with Gasteiger partial charge in [-0.05, 0) is 41.0 Å². The lowest BCUT2D eigenvalue weighted by Crippen LogP contribution is -2.47. The number of hydrogen-bond acceptors (Lipinski definition) is 5. The third-order valence-electron chi connectivity index (χ3n) is 6.26. The molecule has 0 saturated carbocycles. The quantitative estimate of drug-likeness (QED) is 0.278. The molecule has 4 rings (SSSR count). The number of carbonyl (C=O) groups is 2. The van der Waals surface area contributed by atoms with Crippen molar-refractivity contribution in [3.63, 3.8) is 0 Å². The van der Waals surface area contributed by atoms with Crippen molar-refractivity contribution in [2.45, 2.75) is 25.7 Å². The lowest BCUT2D eigenvalue weighted by molar-refractivity contribution is -0.142. The smallest absolute Gasteiger partial charge is 0.247 e. The number of rotatable bonds is 12. The summed E-state index contributed by atoms with van der Waals surface area (Å²) >= 11 is 0. The van der Waals surface area contributed by atoms with Gasteiger partial charge in [-0.3, -0.25) is 9.59 Å². The largest absolute Gasteiger partial charge is 0.467 e. The fraction of sp³-hybridized carbons (Fsp3) is 0.200. The number of nitrogens with zero attached hydrogens (tertiary/aromatic N) is 2. The fourth-order valence-corrected chi connectivity index (χ4v) is 4.95. The van der Waals surface area contributed by atoms with E-state index in [1.807, 2.05) is 6.07 Å². The van der Waals surface area contributed by atoms with E-state index in [4.69, 9.17) is 4.42 Å². The van der Waals surface area contributed by atoms with Crippen LogP contribution in [0.4, 0.5) is 4.39 Å². The van der Waals surface area contributed by atoms with Gasteiger partial charge in [0.2, 0.25) is 21.8 Å². The predicted octanol–water partition coefficient (Wildman–Crippen LogP) is 4.27. The van der Waals surface area contributed by atoms with E-state index in [1.165, 1.54) is 35.4 Å². The van der Waals surface area contributed by atoms with Gasteiger partial charge in [-0.1, -0.05) is 72.8 Å². The first kappa shape index (κ1) is 28.7. The number of hydrogen-bond donors (Lipinski definition) is 1. The Morgan fingerprint density at radius 1 is 0.850 bits per heavy atom. The molecule has 0 aliphatic heterocycles. The molecule has 2 amide bonds. The molecular weight excluding hydrogens is 533 g/mol. The van der Waals surface area contributed by atoms with Gasteiger partial charge in [-0.25, -0.2) is 12.8 Å². The molecule has 0 unspecified atom stereocenters. The maximum atomic E-state index is 14.0. The van der Waals surface area contributed by atoms with Crippen LogP contribution in [0.25, 0.3) is 0 Å². The zero-order chi connectivity index (χ0) is 28.5. The van der Waals surface area contributed by atoms with Gasteiger partial charge in [0, 0.05) is 13.1 Å². The van der Waals surface area contributed by atoms with Crippen LogP contribution in [0.1, 0.15) is 28.5 Å². The molecule has 0 fully saturated rings. The van der Waals surface area contributed by atoms with Crippen molar-refractivity contribution in [3.8, 4) is 0 Å². The van der Waals surface area contributed by atoms with E-state index < -0.39 is 40.2 Å². The van der Waals surface area contributed by atoms with E-state index >= 15 is 0 Å². The van der Waals surface area contributed by atoms with Crippen LogP contribution in [0.2, 0.25) is 0 Å². The predicted molar refractivity (Wildman–Crippen MR) is 148 cm³/mol. The van der Waals surface area contributed by atoms with Gasteiger partial charge in [0.1, 0.15) is 17.6 Å². The molecule has 3 aromatic carbocycles. The van der Waals surface area contributed by atoms with Gasteiger partial charge in [-0.15, -0.1) is 0 Å². The van der Waals surface area contributed by atoms with E-state index in [1.54, 1.807) is 66.7 Å². The highest BCUT2D eigenvalue weighted by molar-refractivity contribution is 7.88. The first-order valence-corrected chi connectivity index (χ1v) is 14.4. The third kappa shape index (κ3) is 7.87. The highest BCUT2D eigenvalue weighted by Gasteiger charge is 2.33. The second-order valence-electron chi connectivity index (χ2n) is 9.28. The number of halogens is 1. The highest BCUT2D eigenvalue weighted by Crippen LogP contribution is 2.25. The summed E-state index contributed by atoms with van der Waals surface area (Å²) in [6.45, 7) is -0.479. The first-order valence-electron chi connectivity index (χ1n) is 12.6. The van der Waals surface area contributed by atoms with Crippen LogP contribution < -0.4 is 5.32 Å². The molecular formula is C30H30FN3O5S. The Morgan fingerprint density at radius 2 is 1.48 bits per heavy atom. The van der Waals surface area contributed by atoms with Crippen molar-refractivity contribution in [2.75, 3.05) is 12.8 Å². The van der Waals surface area contributed by atoms with Crippen LogP contribution in [0.5, 0.6) is 0 Å². The Bertz CT molecular complexity index is 1500. The molecule has 0 spiro atoms. The molecule has 40 heavy (non-hydrogen) atoms. The van der Waals surface area contributed by atoms with Gasteiger partial charge in [0.05, 0.1) is 25.6 Å². The summed E-state index contributed by atoms with van der Waals surface area (Å²) in [6.07, 6.45) is 2.53. The summed E-state index contributed by atoms with van der Waals surface area (Å²) < 4.78 is 45.5. The van der Waals surface area contributed by atoms with Crippen molar-refractivity contribution < 1.29 is 26.8 Å². The average molecular weight is 564 g/mol. The third-order valence-corrected chi connectivity index (χ3v) is 7.46. The van der Waals surface area contributed by atoms with Crippen LogP contribution in [0.15, 0.2) is 108 Å². The fourth-order valence-electron chi connectivity index (χ4n) is 4.22. The monoisotopic (exact) mass is 563 g/mol. The summed E-state index contributed by atoms with van der Waals surface area (Å²) in [6, 6.07) is 25.6. The van der Waals surface area contributed by atoms with E-state index in [9.17, 15) is 22.4 Å². The molecule has 1 N–H and O–H groups in total. The summed E-state index contributed by atoms with van der Waals surface area (Å²) in [5.74, 6) is -0.981. The minimum atomic E-state index is -3.80. The van der Waals surface area contributed by atoms with Gasteiger partial charge in [-0.2, -0.15) is 4.31 Å². The number of furan rings is 1. The molecule has 10 heteroatoms. The Labute approximate surface area is 233 Å². The number of nitrogens with one attached hydrogen (secondary N) is 1. The van der Waals surface area contributed by atoms with Crippen molar-refractivity contribution in [2.24, 2.45) is 0 Å². The second-order valence-corrected chi connectivity index (χ2v) is 11.3. The molecule has 1 heterocycles. The van der Waals surface area contributed by atoms with Gasteiger partial charge >= 0.3 is 0 Å². The summed E-state index contributed by atoms with van der Waals surface area (Å²) in [5.41, 5.74) is 1.81. The van der Waals surface area contributed by atoms with Crippen LogP contribution in [-0.2, 0) is 39.2 Å². The molecule has 4 aromatic rings. The van der Waals surface area contributed by atoms with Gasteiger partial charge in [0.15, 0.2) is 0 Å². The van der Waals surface area contributed by atoms with Gasteiger partial charge in [0.25, 0.3) is 0 Å². The SMILES string of the molecule is CS(=O)(=O)N(CC(=O)N(Cc1ccc(F)cc1)[C@@H](C(=O)NCc1ccco1)c1ccccc1)Cc1ccccc1. The maximum absolute atomic E-state index is 14.0. The Kier molecular flexibility index (Phi) is 9.47. The van der Waals surface area contributed by atoms with Crippen LogP contribution in [0.3, 0.4) is 0 Å². The maximum Gasteiger partial charge on any atom is 0.247 e. The summed E-state index contributed by atoms with van der Waals surface area (Å²) in [5, 5.41) is 2.82. The van der Waals surface area contributed by atoms with Crippen molar-refractivity contribution in [1.82, 2.24) is 14.5 Å². The van der Waals surface area contributed by atoms with Crippen LogP contribution in [-0.4, -0.2) is 42.2 Å². The molecule has 208 valence electrons. The van der Waals surface area contributed by atoms with Gasteiger partial charge < -0.3 is 14.6 Å². The topological polar surface area (TPSA) is 99.9 Å². The van der Waals surface area contributed by atoms with Crippen molar-refractivity contribution in [1.29, 1.82) is 0 Å². The zero-order valence-electron chi connectivity index (χ0n) is 21.9. The average Bonchev–Trinajstić information content (AvgIpc) is 3.47. The molecule has 0 aliphatic rings. The number of carbonyl (C=O) groups excluding carboxylic acids is 2. The Hall–Kier alpha value is -4.28. The molecule has 8 nitrogen and oxygen atoms in total. The van der Waals surface area contributed by atoms with E-state index in [-0.39, 0.29) is 19.6 Å². The zero-order valence-corrected chi connectivity index (χ0v) is 22.8. The van der Waals surface area contributed by atoms with Crippen LogP contribution >= 0.6 is 0 Å². The van der Waals surface area contributed by atoms with Crippen molar-refractivity contribution in [3.05, 3.63) is 132 Å². The molecule has 0 bridgehead atoms. The standard InChI is InChI=1S/C30H30FN3O5S/c1-40(37,38)33(20-23-9-4-2-5-10-23)22-28(35)34(21-24-14-16-26(31)17-15-24)29(25-11-6-3-7-12-25)30(36)32-19-27-13-8-18-39-27/h2-18,29H,19-22H2,1H3,(H,32,36)/t29-/m1/s1. The van der Waals surface area contributed by atoms with Crippen molar-refractivity contribution >= 4 is 21.8 Å². The minimum absolute atomic E-state index is 0.0174. The molecule has 0 aliphatic carbocycles. The second kappa shape index (κ2) is 13.2. The number of amides is 2.